The van der Waals surface area contributed by atoms with Gasteiger partial charge in [-0.3, -0.25) is 40.8 Å². The molecule has 0 heterocycles. The van der Waals surface area contributed by atoms with E-state index in [0.717, 1.165) is 12.1 Å². The first-order valence-electron chi connectivity index (χ1n) is 8.26. The highest BCUT2D eigenvalue weighted by Gasteiger charge is 2.32. The molecule has 1 N–H and O–H groups in total. The van der Waals surface area contributed by atoms with E-state index in [1.807, 2.05) is 0 Å². The Morgan fingerprint density at radius 2 is 1.23 bits per heavy atom. The molecular weight excluding hydrogens is 401 g/mol. The van der Waals surface area contributed by atoms with Gasteiger partial charge in [0.15, 0.2) is 0 Å². The van der Waals surface area contributed by atoms with Crippen LogP contribution in [0, 0.1) is 36.2 Å². The van der Waals surface area contributed by atoms with Gasteiger partial charge in [-0.2, -0.15) is 0 Å². The van der Waals surface area contributed by atoms with E-state index in [1.54, 1.807) is 30.3 Å². The largest absolute Gasteiger partial charge is 0.308 e. The van der Waals surface area contributed by atoms with Crippen LogP contribution in [0.4, 0.5) is 38.5 Å². The molecule has 11 nitrogen and oxygen atoms in total. The molecule has 152 valence electrons. The third-order valence-electron chi connectivity index (χ3n) is 4.01. The van der Waals surface area contributed by atoms with Gasteiger partial charge in [0.05, 0.1) is 38.3 Å². The summed E-state index contributed by atoms with van der Waals surface area (Å²) in [6.07, 6.45) is 0. The number of para-hydroxylation sites is 1. The molecule has 0 atom stereocenters. The predicted molar refractivity (Wildman–Crippen MR) is 105 cm³/mol. The molecule has 0 aliphatic carbocycles. The zero-order chi connectivity index (χ0) is 21.8. The Kier molecular flexibility index (Phi) is 5.49. The summed E-state index contributed by atoms with van der Waals surface area (Å²) in [5, 5.41) is 35.4. The number of hydrogen-bond donors (Lipinski definition) is 1. The summed E-state index contributed by atoms with van der Waals surface area (Å²) in [6, 6.07) is 14.5. The highest BCUT2D eigenvalue weighted by molar-refractivity contribution is 5.81. The average molecular weight is 413 g/mol. The van der Waals surface area contributed by atoms with Gasteiger partial charge in [-0.1, -0.05) is 18.2 Å². The smallest absolute Gasteiger partial charge is 0.282 e. The number of nitro benzene ring substituents is 3. The Morgan fingerprint density at radius 1 is 0.733 bits per heavy atom. The fraction of sp³-hybridized carbons (Fsp3) is 0. The summed E-state index contributed by atoms with van der Waals surface area (Å²) >= 11 is 0. The fourth-order valence-corrected chi connectivity index (χ4v) is 2.66. The lowest BCUT2D eigenvalue weighted by molar-refractivity contribution is -0.401. The van der Waals surface area contributed by atoms with Crippen LogP contribution in [-0.2, 0) is 0 Å². The summed E-state index contributed by atoms with van der Waals surface area (Å²) in [5.41, 5.74) is 0.245. The van der Waals surface area contributed by atoms with Crippen molar-refractivity contribution in [2.45, 2.75) is 0 Å². The maximum atomic E-state index is 13.4. The number of non-ortho nitro benzene ring substituents is 1. The maximum absolute atomic E-state index is 13.4. The molecular formula is C18H12FN5O6. The van der Waals surface area contributed by atoms with Crippen molar-refractivity contribution in [2.24, 2.45) is 0 Å². The molecule has 0 unspecified atom stereocenters. The van der Waals surface area contributed by atoms with Gasteiger partial charge >= 0.3 is 11.4 Å². The molecule has 3 aromatic rings. The molecule has 0 amide bonds. The summed E-state index contributed by atoms with van der Waals surface area (Å²) in [5.74, 6) is -0.529. The van der Waals surface area contributed by atoms with E-state index in [9.17, 15) is 34.7 Å². The SMILES string of the molecule is O=[N+]([O-])c1cc([N+](=O)[O-])c(NN(c2ccccc2)c2ccc(F)cc2)c([N+](=O)[O-])c1. The summed E-state index contributed by atoms with van der Waals surface area (Å²) in [4.78, 5) is 31.2. The number of hydrogen-bond acceptors (Lipinski definition) is 8. The first-order chi connectivity index (χ1) is 14.3. The average Bonchev–Trinajstić information content (AvgIpc) is 2.72. The second-order valence-corrected chi connectivity index (χ2v) is 5.89. The standard InChI is InChI=1S/C18H12FN5O6/c19-12-6-8-14(9-7-12)21(13-4-2-1-3-5-13)20-18-16(23(27)28)10-15(22(25)26)11-17(18)24(29)30/h1-11,20H. The number of nitrogens with zero attached hydrogens (tertiary/aromatic N) is 4. The molecule has 12 heteroatoms. The van der Waals surface area contributed by atoms with E-state index in [1.165, 1.54) is 17.1 Å². The number of nitro groups is 3. The molecule has 0 saturated carbocycles. The van der Waals surface area contributed by atoms with Crippen LogP contribution in [0.5, 0.6) is 0 Å². The monoisotopic (exact) mass is 413 g/mol. The second-order valence-electron chi connectivity index (χ2n) is 5.89. The van der Waals surface area contributed by atoms with E-state index in [2.05, 4.69) is 5.43 Å². The number of halogens is 1. The Labute approximate surface area is 167 Å². The van der Waals surface area contributed by atoms with Gasteiger partial charge in [-0.05, 0) is 36.4 Å². The van der Waals surface area contributed by atoms with Crippen molar-refractivity contribution in [1.29, 1.82) is 0 Å². The lowest BCUT2D eigenvalue weighted by Gasteiger charge is -2.26. The molecule has 30 heavy (non-hydrogen) atoms. The van der Waals surface area contributed by atoms with Crippen LogP contribution in [0.25, 0.3) is 0 Å². The lowest BCUT2D eigenvalue weighted by Crippen LogP contribution is -2.25. The van der Waals surface area contributed by atoms with Crippen molar-refractivity contribution in [3.8, 4) is 0 Å². The van der Waals surface area contributed by atoms with Gasteiger partial charge in [0, 0.05) is 0 Å². The van der Waals surface area contributed by atoms with E-state index in [4.69, 9.17) is 0 Å². The molecule has 0 aliphatic heterocycles. The van der Waals surface area contributed by atoms with E-state index >= 15 is 0 Å². The quantitative estimate of drug-likeness (QED) is 0.433. The van der Waals surface area contributed by atoms with Gasteiger partial charge in [0.1, 0.15) is 5.82 Å². The predicted octanol–water partition coefficient (Wildman–Crippen LogP) is 4.72. The van der Waals surface area contributed by atoms with Crippen molar-refractivity contribution < 1.29 is 19.2 Å². The van der Waals surface area contributed by atoms with Gasteiger partial charge in [-0.15, -0.1) is 0 Å². The molecule has 0 spiro atoms. The third kappa shape index (κ3) is 4.11. The zero-order valence-electron chi connectivity index (χ0n) is 15.0. The number of anilines is 3. The van der Waals surface area contributed by atoms with Crippen LogP contribution in [0.15, 0.2) is 66.7 Å². The number of benzene rings is 3. The minimum atomic E-state index is -0.962. The van der Waals surface area contributed by atoms with Gasteiger partial charge in [-0.25, -0.2) is 4.39 Å². The van der Waals surface area contributed by atoms with Crippen molar-refractivity contribution in [3.05, 3.63) is 103 Å². The van der Waals surface area contributed by atoms with Crippen LogP contribution in [-0.4, -0.2) is 14.8 Å². The molecule has 0 aromatic heterocycles. The van der Waals surface area contributed by atoms with Crippen LogP contribution >= 0.6 is 0 Å². The summed E-state index contributed by atoms with van der Waals surface area (Å²) in [7, 11) is 0. The molecule has 0 saturated heterocycles. The number of rotatable bonds is 7. The van der Waals surface area contributed by atoms with Crippen LogP contribution in [0.1, 0.15) is 0 Å². The highest BCUT2D eigenvalue weighted by Crippen LogP contribution is 2.40. The zero-order valence-corrected chi connectivity index (χ0v) is 15.0. The Morgan fingerprint density at radius 3 is 1.70 bits per heavy atom. The summed E-state index contributed by atoms with van der Waals surface area (Å²) < 4.78 is 13.4. The lowest BCUT2D eigenvalue weighted by atomic mass is 10.2. The molecule has 3 rings (SSSR count). The van der Waals surface area contributed by atoms with Crippen molar-refractivity contribution in [1.82, 2.24) is 0 Å². The first-order valence-corrected chi connectivity index (χ1v) is 8.26. The Balaban J connectivity index is 2.21. The van der Waals surface area contributed by atoms with Crippen molar-refractivity contribution in [3.63, 3.8) is 0 Å². The van der Waals surface area contributed by atoms with Gasteiger partial charge in [0.2, 0.25) is 5.69 Å². The van der Waals surface area contributed by atoms with Crippen molar-refractivity contribution in [2.75, 3.05) is 10.4 Å². The minimum Gasteiger partial charge on any atom is -0.282 e. The van der Waals surface area contributed by atoms with E-state index in [-0.39, 0.29) is 0 Å². The molecule has 0 radical (unpaired) electrons. The Hall–Kier alpha value is -4.61. The number of nitrogens with one attached hydrogen (secondary N) is 1. The van der Waals surface area contributed by atoms with Crippen LogP contribution in [0.3, 0.4) is 0 Å². The molecule has 3 aromatic carbocycles. The van der Waals surface area contributed by atoms with E-state index in [0.29, 0.717) is 23.5 Å². The molecule has 0 fully saturated rings. The Bertz CT molecular complexity index is 1090. The topological polar surface area (TPSA) is 145 Å². The van der Waals surface area contributed by atoms with Gasteiger partial charge in [0.25, 0.3) is 5.69 Å². The van der Waals surface area contributed by atoms with Crippen LogP contribution < -0.4 is 10.4 Å². The number of hydrazine groups is 1. The van der Waals surface area contributed by atoms with E-state index < -0.39 is 43.3 Å². The second kappa shape index (κ2) is 8.18. The molecule has 0 aliphatic rings. The van der Waals surface area contributed by atoms with Crippen molar-refractivity contribution >= 4 is 34.1 Å². The fourth-order valence-electron chi connectivity index (χ4n) is 2.66. The highest BCUT2D eigenvalue weighted by atomic mass is 19.1. The summed E-state index contributed by atoms with van der Waals surface area (Å²) in [6.45, 7) is 0. The minimum absolute atomic E-state index is 0.310. The first kappa shape index (κ1) is 20.1. The normalized spacial score (nSPS) is 10.3. The van der Waals surface area contributed by atoms with Crippen LogP contribution in [0.2, 0.25) is 0 Å². The third-order valence-corrected chi connectivity index (χ3v) is 4.01. The van der Waals surface area contributed by atoms with Gasteiger partial charge < -0.3 is 0 Å². The maximum Gasteiger partial charge on any atom is 0.308 e. The molecule has 0 bridgehead atoms.